The largest absolute Gasteiger partial charge is 0.381 e. The minimum absolute atomic E-state index is 0.0840. The maximum absolute atomic E-state index is 8.96. The van der Waals surface area contributed by atoms with Gasteiger partial charge in [0, 0.05) is 20.0 Å². The number of methoxy groups -OCH3 is 1. The number of nitriles is 1. The summed E-state index contributed by atoms with van der Waals surface area (Å²) in [6, 6.07) is 12.4. The number of rotatable bonds is 3. The Morgan fingerprint density at radius 3 is 2.76 bits per heavy atom. The lowest BCUT2D eigenvalue weighted by Gasteiger charge is -2.31. The second-order valence-electron chi connectivity index (χ2n) is 4.39. The van der Waals surface area contributed by atoms with Crippen molar-refractivity contribution in [3.63, 3.8) is 0 Å². The van der Waals surface area contributed by atoms with Gasteiger partial charge in [-0.05, 0) is 12.0 Å². The van der Waals surface area contributed by atoms with E-state index in [0.717, 1.165) is 12.8 Å². The first-order valence-corrected chi connectivity index (χ1v) is 5.93. The highest BCUT2D eigenvalue weighted by molar-refractivity contribution is 5.15. The number of ether oxygens (including phenoxy) is 2. The quantitative estimate of drug-likeness (QED) is 0.801. The van der Waals surface area contributed by atoms with E-state index in [0.29, 0.717) is 6.42 Å². The summed E-state index contributed by atoms with van der Waals surface area (Å²) in [5, 5.41) is 8.96. The molecule has 1 fully saturated rings. The lowest BCUT2D eigenvalue weighted by molar-refractivity contribution is -0.0840. The zero-order valence-corrected chi connectivity index (χ0v) is 10.0. The van der Waals surface area contributed by atoms with Crippen molar-refractivity contribution in [1.29, 1.82) is 5.26 Å². The molecule has 90 valence electrons. The van der Waals surface area contributed by atoms with Crippen LogP contribution in [0.25, 0.3) is 0 Å². The molecule has 0 N–H and O–H groups in total. The Hall–Kier alpha value is -1.37. The van der Waals surface area contributed by atoms with E-state index in [4.69, 9.17) is 14.7 Å². The van der Waals surface area contributed by atoms with E-state index in [1.165, 1.54) is 5.56 Å². The lowest BCUT2D eigenvalue weighted by Crippen LogP contribution is -2.37. The second kappa shape index (κ2) is 5.81. The topological polar surface area (TPSA) is 42.2 Å². The van der Waals surface area contributed by atoms with E-state index < -0.39 is 0 Å². The molecule has 0 aromatic heterocycles. The monoisotopic (exact) mass is 231 g/mol. The van der Waals surface area contributed by atoms with Gasteiger partial charge in [0.1, 0.15) is 6.10 Å². The first kappa shape index (κ1) is 12.1. The van der Waals surface area contributed by atoms with Gasteiger partial charge in [-0.15, -0.1) is 0 Å². The maximum atomic E-state index is 8.96. The van der Waals surface area contributed by atoms with E-state index in [1.54, 1.807) is 7.11 Å². The fraction of sp³-hybridized carbons (Fsp3) is 0.500. The van der Waals surface area contributed by atoms with Crippen molar-refractivity contribution in [3.05, 3.63) is 35.9 Å². The van der Waals surface area contributed by atoms with Crippen LogP contribution in [0.15, 0.2) is 30.3 Å². The van der Waals surface area contributed by atoms with Crippen LogP contribution in [0.5, 0.6) is 0 Å². The highest BCUT2D eigenvalue weighted by Crippen LogP contribution is 2.23. The van der Waals surface area contributed by atoms with Crippen molar-refractivity contribution in [2.45, 2.75) is 37.6 Å². The Kier molecular flexibility index (Phi) is 4.13. The summed E-state index contributed by atoms with van der Waals surface area (Å²) in [5.41, 5.74) is 1.24. The summed E-state index contributed by atoms with van der Waals surface area (Å²) >= 11 is 0. The van der Waals surface area contributed by atoms with Crippen molar-refractivity contribution in [2.24, 2.45) is 0 Å². The Balaban J connectivity index is 1.98. The van der Waals surface area contributed by atoms with E-state index >= 15 is 0 Å². The van der Waals surface area contributed by atoms with Crippen molar-refractivity contribution < 1.29 is 9.47 Å². The van der Waals surface area contributed by atoms with Gasteiger partial charge in [0.05, 0.1) is 18.3 Å². The SMILES string of the molecule is CO[C@@H]1C[C@@H](Cc2ccccc2)O[C@@H](C#N)C1. The summed E-state index contributed by atoms with van der Waals surface area (Å²) in [6.45, 7) is 0. The first-order chi connectivity index (χ1) is 8.31. The molecule has 0 spiro atoms. The smallest absolute Gasteiger partial charge is 0.146 e. The Morgan fingerprint density at radius 2 is 2.12 bits per heavy atom. The van der Waals surface area contributed by atoms with Gasteiger partial charge < -0.3 is 9.47 Å². The van der Waals surface area contributed by atoms with Crippen molar-refractivity contribution in [2.75, 3.05) is 7.11 Å². The molecule has 1 heterocycles. The van der Waals surface area contributed by atoms with Crippen LogP contribution in [-0.2, 0) is 15.9 Å². The van der Waals surface area contributed by atoms with Crippen LogP contribution in [0.3, 0.4) is 0 Å². The predicted octanol–water partition coefficient (Wildman–Crippen LogP) is 2.32. The number of nitrogens with zero attached hydrogens (tertiary/aromatic N) is 1. The van der Waals surface area contributed by atoms with Crippen molar-refractivity contribution >= 4 is 0 Å². The van der Waals surface area contributed by atoms with Gasteiger partial charge in [-0.3, -0.25) is 0 Å². The lowest BCUT2D eigenvalue weighted by atomic mass is 9.96. The van der Waals surface area contributed by atoms with E-state index in [1.807, 2.05) is 18.2 Å². The molecule has 0 radical (unpaired) electrons. The van der Waals surface area contributed by atoms with Crippen LogP contribution >= 0.6 is 0 Å². The third kappa shape index (κ3) is 3.29. The molecule has 0 aliphatic carbocycles. The Bertz CT molecular complexity index is 385. The van der Waals surface area contributed by atoms with Gasteiger partial charge in [0.15, 0.2) is 0 Å². The zero-order chi connectivity index (χ0) is 12.1. The molecule has 1 aromatic carbocycles. The standard InChI is InChI=1S/C14H17NO2/c1-16-12-8-13(17-14(9-12)10-15)7-11-5-3-2-4-6-11/h2-6,12-14H,7-9H2,1H3/t12-,13-,14-/m1/s1. The molecule has 3 atom stereocenters. The van der Waals surface area contributed by atoms with Gasteiger partial charge in [0.2, 0.25) is 0 Å². The molecule has 3 nitrogen and oxygen atoms in total. The first-order valence-electron chi connectivity index (χ1n) is 5.93. The Morgan fingerprint density at radius 1 is 1.35 bits per heavy atom. The highest BCUT2D eigenvalue weighted by Gasteiger charge is 2.29. The predicted molar refractivity (Wildman–Crippen MR) is 64.5 cm³/mol. The molecule has 0 bridgehead atoms. The fourth-order valence-corrected chi connectivity index (χ4v) is 2.26. The molecule has 3 heteroatoms. The Labute approximate surface area is 102 Å². The number of hydrogen-bond acceptors (Lipinski definition) is 3. The molecule has 0 saturated carbocycles. The second-order valence-corrected chi connectivity index (χ2v) is 4.39. The molecule has 1 aliphatic rings. The average Bonchev–Trinajstić information content (AvgIpc) is 2.39. The molecule has 1 saturated heterocycles. The summed E-state index contributed by atoms with van der Waals surface area (Å²) in [5.74, 6) is 0. The zero-order valence-electron chi connectivity index (χ0n) is 10.0. The van der Waals surface area contributed by atoms with Crippen LogP contribution in [0.2, 0.25) is 0 Å². The summed E-state index contributed by atoms with van der Waals surface area (Å²) in [7, 11) is 1.70. The van der Waals surface area contributed by atoms with Crippen LogP contribution in [-0.4, -0.2) is 25.4 Å². The molecule has 1 aromatic rings. The number of hydrogen-bond donors (Lipinski definition) is 0. The molecular formula is C14H17NO2. The van der Waals surface area contributed by atoms with Gasteiger partial charge in [-0.2, -0.15) is 5.26 Å². The van der Waals surface area contributed by atoms with Gasteiger partial charge in [-0.1, -0.05) is 30.3 Å². The van der Waals surface area contributed by atoms with E-state index in [2.05, 4.69) is 18.2 Å². The normalized spacial score (nSPS) is 28.6. The summed E-state index contributed by atoms with van der Waals surface area (Å²) < 4.78 is 11.1. The average molecular weight is 231 g/mol. The van der Waals surface area contributed by atoms with Gasteiger partial charge >= 0.3 is 0 Å². The highest BCUT2D eigenvalue weighted by atomic mass is 16.5. The molecule has 0 amide bonds. The summed E-state index contributed by atoms with van der Waals surface area (Å²) in [4.78, 5) is 0. The molecular weight excluding hydrogens is 214 g/mol. The van der Waals surface area contributed by atoms with Gasteiger partial charge in [0.25, 0.3) is 0 Å². The van der Waals surface area contributed by atoms with Crippen LogP contribution in [0, 0.1) is 11.3 Å². The fourth-order valence-electron chi connectivity index (χ4n) is 2.26. The summed E-state index contributed by atoms with van der Waals surface area (Å²) in [6.07, 6.45) is 2.28. The molecule has 2 rings (SSSR count). The van der Waals surface area contributed by atoms with E-state index in [-0.39, 0.29) is 18.3 Å². The van der Waals surface area contributed by atoms with Crippen molar-refractivity contribution in [3.8, 4) is 6.07 Å². The minimum Gasteiger partial charge on any atom is -0.381 e. The van der Waals surface area contributed by atoms with Gasteiger partial charge in [-0.25, -0.2) is 0 Å². The van der Waals surface area contributed by atoms with Crippen LogP contribution < -0.4 is 0 Å². The molecule has 0 unspecified atom stereocenters. The van der Waals surface area contributed by atoms with Crippen molar-refractivity contribution in [1.82, 2.24) is 0 Å². The third-order valence-corrected chi connectivity index (χ3v) is 3.14. The maximum Gasteiger partial charge on any atom is 0.146 e. The van der Waals surface area contributed by atoms with Crippen LogP contribution in [0.4, 0.5) is 0 Å². The third-order valence-electron chi connectivity index (χ3n) is 3.14. The minimum atomic E-state index is -0.331. The van der Waals surface area contributed by atoms with E-state index in [9.17, 15) is 0 Å². The number of benzene rings is 1. The molecule has 1 aliphatic heterocycles. The van der Waals surface area contributed by atoms with Crippen LogP contribution in [0.1, 0.15) is 18.4 Å². The molecule has 17 heavy (non-hydrogen) atoms.